The summed E-state index contributed by atoms with van der Waals surface area (Å²) in [7, 11) is 0. The number of nitrogen functional groups attached to an aromatic ring is 1. The second kappa shape index (κ2) is 8.60. The molecule has 8 nitrogen and oxygen atoms in total. The van der Waals surface area contributed by atoms with Gasteiger partial charge >= 0.3 is 0 Å². The Bertz CT molecular complexity index is 1870. The van der Waals surface area contributed by atoms with E-state index in [2.05, 4.69) is 9.97 Å². The minimum atomic E-state index is -0.0794. The van der Waals surface area contributed by atoms with Crippen molar-refractivity contribution in [3.05, 3.63) is 106 Å². The van der Waals surface area contributed by atoms with Crippen molar-refractivity contribution in [2.45, 2.75) is 20.4 Å². The van der Waals surface area contributed by atoms with Gasteiger partial charge in [-0.3, -0.25) is 9.36 Å². The molecular weight excluding hydrogens is 464 g/mol. The van der Waals surface area contributed by atoms with Gasteiger partial charge in [0.1, 0.15) is 23.6 Å². The first-order valence-corrected chi connectivity index (χ1v) is 11.9. The lowest BCUT2D eigenvalue weighted by Crippen LogP contribution is -2.25. The Morgan fingerprint density at radius 1 is 0.892 bits per heavy atom. The molecule has 0 amide bonds. The van der Waals surface area contributed by atoms with E-state index in [1.807, 2.05) is 62.4 Å². The van der Waals surface area contributed by atoms with Crippen LogP contribution < -0.4 is 11.3 Å². The molecule has 6 rings (SSSR count). The maximum Gasteiger partial charge on any atom is 0.263 e. The molecule has 6 aromatic rings. The first-order valence-electron chi connectivity index (χ1n) is 11.9. The monoisotopic (exact) mass is 488 g/mol. The highest BCUT2D eigenvalue weighted by Gasteiger charge is 2.20. The molecule has 182 valence electrons. The van der Waals surface area contributed by atoms with Crippen LogP contribution in [0.4, 0.5) is 5.82 Å². The number of nitrogens with zero attached hydrogens (tertiary/aromatic N) is 5. The van der Waals surface area contributed by atoms with E-state index < -0.39 is 0 Å². The second-order valence-electron chi connectivity index (χ2n) is 9.11. The summed E-state index contributed by atoms with van der Waals surface area (Å²) in [5.74, 6) is 0.468. The van der Waals surface area contributed by atoms with Crippen molar-refractivity contribution in [3.63, 3.8) is 0 Å². The molecule has 0 aliphatic heterocycles. The zero-order valence-corrected chi connectivity index (χ0v) is 20.4. The van der Waals surface area contributed by atoms with Gasteiger partial charge < -0.3 is 10.8 Å². The Balaban J connectivity index is 1.62. The van der Waals surface area contributed by atoms with Gasteiger partial charge in [0, 0.05) is 11.3 Å². The number of rotatable bonds is 4. The number of phenolic OH excluding ortho intramolecular Hbond substituents is 1. The van der Waals surface area contributed by atoms with Crippen LogP contribution in [0.25, 0.3) is 38.8 Å². The number of pyridine rings is 1. The lowest BCUT2D eigenvalue weighted by atomic mass is 10.1. The summed E-state index contributed by atoms with van der Waals surface area (Å²) in [4.78, 5) is 22.6. The summed E-state index contributed by atoms with van der Waals surface area (Å²) in [6.45, 7) is 4.22. The van der Waals surface area contributed by atoms with E-state index in [-0.39, 0.29) is 17.9 Å². The average molecular weight is 489 g/mol. The minimum Gasteiger partial charge on any atom is -0.508 e. The van der Waals surface area contributed by atoms with Crippen molar-refractivity contribution in [1.82, 2.24) is 24.3 Å². The molecule has 0 spiro atoms. The average Bonchev–Trinajstić information content (AvgIpc) is 3.25. The predicted molar refractivity (Wildman–Crippen MR) is 145 cm³/mol. The van der Waals surface area contributed by atoms with E-state index in [1.54, 1.807) is 33.5 Å². The Morgan fingerprint density at radius 2 is 1.65 bits per heavy atom. The predicted octanol–water partition coefficient (Wildman–Crippen LogP) is 4.75. The Hall–Kier alpha value is -4.98. The maximum atomic E-state index is 14.0. The van der Waals surface area contributed by atoms with Crippen LogP contribution in [-0.2, 0) is 6.54 Å². The van der Waals surface area contributed by atoms with Crippen LogP contribution in [0, 0.1) is 13.8 Å². The molecule has 0 saturated heterocycles. The first kappa shape index (κ1) is 22.5. The highest BCUT2D eigenvalue weighted by atomic mass is 16.3. The van der Waals surface area contributed by atoms with Gasteiger partial charge in [-0.05, 0) is 66.8 Å². The highest BCUT2D eigenvalue weighted by Crippen LogP contribution is 2.31. The van der Waals surface area contributed by atoms with Gasteiger partial charge in [0.2, 0.25) is 0 Å². The number of aryl methyl sites for hydroxylation is 2. The van der Waals surface area contributed by atoms with Crippen LogP contribution in [0.3, 0.4) is 0 Å². The summed E-state index contributed by atoms with van der Waals surface area (Å²) >= 11 is 0. The van der Waals surface area contributed by atoms with Crippen molar-refractivity contribution in [2.75, 3.05) is 5.73 Å². The Kier molecular flexibility index (Phi) is 5.22. The molecule has 8 heteroatoms. The Labute approximate surface area is 212 Å². The van der Waals surface area contributed by atoms with Crippen LogP contribution in [0.15, 0.2) is 83.9 Å². The summed E-state index contributed by atoms with van der Waals surface area (Å²) in [6, 6.07) is 22.5. The van der Waals surface area contributed by atoms with Crippen molar-refractivity contribution < 1.29 is 5.11 Å². The Morgan fingerprint density at radius 3 is 2.43 bits per heavy atom. The fraction of sp³-hybridized carbons (Fsp3) is 0.103. The zero-order valence-electron chi connectivity index (χ0n) is 20.4. The number of aromatic nitrogens is 5. The van der Waals surface area contributed by atoms with Gasteiger partial charge in [0.15, 0.2) is 5.65 Å². The van der Waals surface area contributed by atoms with Crippen LogP contribution in [0.1, 0.15) is 16.8 Å². The van der Waals surface area contributed by atoms with E-state index in [4.69, 9.17) is 10.8 Å². The molecule has 0 saturated carbocycles. The lowest BCUT2D eigenvalue weighted by Gasteiger charge is -2.17. The normalized spacial score (nSPS) is 11.4. The fourth-order valence-corrected chi connectivity index (χ4v) is 4.90. The third-order valence-corrected chi connectivity index (χ3v) is 6.70. The summed E-state index contributed by atoms with van der Waals surface area (Å²) in [5, 5.41) is 16.8. The smallest absolute Gasteiger partial charge is 0.263 e. The molecule has 0 unspecified atom stereocenters. The minimum absolute atomic E-state index is 0.0794. The third-order valence-electron chi connectivity index (χ3n) is 6.70. The number of phenols is 1. The summed E-state index contributed by atoms with van der Waals surface area (Å²) in [6.07, 6.45) is 1.41. The number of hydrogen-bond acceptors (Lipinski definition) is 6. The number of hydrogen-bond donors (Lipinski definition) is 2. The standard InChI is InChI=1S/C29H24N6O2/c1-17-6-3-4-9-23(17)35-21(14-20-8-5-7-18(2)24(20)29(35)37)15-34-28-25(27(30)31-16-32-28)26(33-34)19-10-12-22(36)13-11-19/h3-14,16,36H,15H2,1-2H3,(H2,30,31,32). The van der Waals surface area contributed by atoms with Gasteiger partial charge in [-0.1, -0.05) is 36.4 Å². The molecule has 0 radical (unpaired) electrons. The molecule has 0 bridgehead atoms. The van der Waals surface area contributed by atoms with Crippen LogP contribution >= 0.6 is 0 Å². The quantitative estimate of drug-likeness (QED) is 0.370. The number of anilines is 1. The van der Waals surface area contributed by atoms with Crippen LogP contribution in [-0.4, -0.2) is 29.4 Å². The molecule has 3 aromatic heterocycles. The van der Waals surface area contributed by atoms with Gasteiger partial charge in [-0.15, -0.1) is 0 Å². The van der Waals surface area contributed by atoms with Crippen molar-refractivity contribution in [1.29, 1.82) is 0 Å². The van der Waals surface area contributed by atoms with Crippen LogP contribution in [0.2, 0.25) is 0 Å². The molecule has 3 aromatic carbocycles. The topological polar surface area (TPSA) is 112 Å². The van der Waals surface area contributed by atoms with E-state index in [0.717, 1.165) is 33.5 Å². The summed E-state index contributed by atoms with van der Waals surface area (Å²) in [5.41, 5.74) is 11.6. The number of aromatic hydroxyl groups is 1. The van der Waals surface area contributed by atoms with E-state index in [9.17, 15) is 9.90 Å². The molecule has 3 heterocycles. The number of para-hydroxylation sites is 1. The van der Waals surface area contributed by atoms with E-state index in [1.165, 1.54) is 6.33 Å². The van der Waals surface area contributed by atoms with Gasteiger partial charge in [0.25, 0.3) is 5.56 Å². The number of nitrogens with two attached hydrogens (primary N) is 1. The van der Waals surface area contributed by atoms with Crippen LogP contribution in [0.5, 0.6) is 5.75 Å². The van der Waals surface area contributed by atoms with E-state index >= 15 is 0 Å². The second-order valence-corrected chi connectivity index (χ2v) is 9.11. The SMILES string of the molecule is Cc1ccccc1-n1c(Cn2nc(-c3ccc(O)cc3)c3c(N)ncnc32)cc2cccc(C)c2c1=O. The van der Waals surface area contributed by atoms with E-state index in [0.29, 0.717) is 27.9 Å². The number of benzene rings is 3. The third kappa shape index (κ3) is 3.70. The largest absolute Gasteiger partial charge is 0.508 e. The maximum absolute atomic E-state index is 14.0. The van der Waals surface area contributed by atoms with Crippen molar-refractivity contribution in [2.24, 2.45) is 0 Å². The molecule has 0 aliphatic carbocycles. The molecule has 0 atom stereocenters. The van der Waals surface area contributed by atoms with Crippen molar-refractivity contribution >= 4 is 27.6 Å². The van der Waals surface area contributed by atoms with Gasteiger partial charge in [0.05, 0.1) is 23.0 Å². The first-order chi connectivity index (χ1) is 17.9. The lowest BCUT2D eigenvalue weighted by molar-refractivity contribution is 0.475. The molecular formula is C29H24N6O2. The number of fused-ring (bicyclic) bond motifs is 2. The van der Waals surface area contributed by atoms with Gasteiger partial charge in [-0.25, -0.2) is 14.6 Å². The van der Waals surface area contributed by atoms with Gasteiger partial charge in [-0.2, -0.15) is 5.10 Å². The molecule has 37 heavy (non-hydrogen) atoms. The van der Waals surface area contributed by atoms with Crippen molar-refractivity contribution in [3.8, 4) is 22.7 Å². The molecule has 3 N–H and O–H groups in total. The highest BCUT2D eigenvalue weighted by molar-refractivity contribution is 5.98. The fourth-order valence-electron chi connectivity index (χ4n) is 4.90. The summed E-state index contributed by atoms with van der Waals surface area (Å²) < 4.78 is 3.52. The zero-order chi connectivity index (χ0) is 25.7. The molecule has 0 aliphatic rings. The molecule has 0 fully saturated rings.